The van der Waals surface area contributed by atoms with Gasteiger partial charge in [0.05, 0.1) is 0 Å². The van der Waals surface area contributed by atoms with Crippen LogP contribution < -0.4 is 10.6 Å². The van der Waals surface area contributed by atoms with Gasteiger partial charge >= 0.3 is 0 Å². The number of carbonyl (C=O) groups excluding carboxylic acids is 1. The minimum atomic E-state index is -0.158. The van der Waals surface area contributed by atoms with E-state index in [1.54, 1.807) is 12.1 Å². The van der Waals surface area contributed by atoms with Crippen molar-refractivity contribution < 1.29 is 4.79 Å². The first-order chi connectivity index (χ1) is 9.70. The van der Waals surface area contributed by atoms with E-state index in [0.29, 0.717) is 17.6 Å². The molecule has 1 fully saturated rings. The van der Waals surface area contributed by atoms with E-state index in [1.165, 1.54) is 0 Å². The van der Waals surface area contributed by atoms with E-state index in [9.17, 15) is 4.79 Å². The van der Waals surface area contributed by atoms with Crippen molar-refractivity contribution in [2.45, 2.75) is 18.9 Å². The van der Waals surface area contributed by atoms with Crippen LogP contribution in [0.5, 0.6) is 0 Å². The maximum Gasteiger partial charge on any atom is 0.272 e. The molecule has 1 aliphatic rings. The lowest BCUT2D eigenvalue weighted by Gasteiger charge is -2.06. The summed E-state index contributed by atoms with van der Waals surface area (Å²) in [5, 5.41) is 14.0. The van der Waals surface area contributed by atoms with Crippen LogP contribution in [0.3, 0.4) is 0 Å². The summed E-state index contributed by atoms with van der Waals surface area (Å²) in [7, 11) is 0. The van der Waals surface area contributed by atoms with E-state index in [2.05, 4.69) is 36.8 Å². The average molecular weight is 333 g/mol. The van der Waals surface area contributed by atoms with Crippen molar-refractivity contribution in [3.8, 4) is 0 Å². The number of hydrogen-bond donors (Lipinski definition) is 2. The fraction of sp³-hybridized carbons (Fsp3) is 0.214. The third kappa shape index (κ3) is 3.33. The molecule has 1 aromatic carbocycles. The summed E-state index contributed by atoms with van der Waals surface area (Å²) in [4.78, 5) is 11.8. The van der Waals surface area contributed by atoms with Crippen molar-refractivity contribution in [3.63, 3.8) is 0 Å². The van der Waals surface area contributed by atoms with Crippen molar-refractivity contribution in [3.05, 3.63) is 46.6 Å². The first kappa shape index (κ1) is 13.1. The minimum absolute atomic E-state index is 0.158. The molecule has 5 nitrogen and oxygen atoms in total. The van der Waals surface area contributed by atoms with E-state index in [0.717, 1.165) is 23.0 Å². The highest BCUT2D eigenvalue weighted by Gasteiger charge is 2.24. The zero-order valence-electron chi connectivity index (χ0n) is 10.6. The molecule has 3 rings (SSSR count). The number of rotatable bonds is 4. The molecule has 1 aliphatic carbocycles. The van der Waals surface area contributed by atoms with Crippen LogP contribution in [-0.4, -0.2) is 22.1 Å². The second-order valence-electron chi connectivity index (χ2n) is 4.69. The van der Waals surface area contributed by atoms with Crippen LogP contribution in [0.25, 0.3) is 0 Å². The SMILES string of the molecule is O=C(NC1CC1)c1ccc(Nc2cccc(Br)c2)nn1. The Morgan fingerprint density at radius 2 is 2.05 bits per heavy atom. The monoisotopic (exact) mass is 332 g/mol. The molecule has 0 radical (unpaired) electrons. The van der Waals surface area contributed by atoms with Gasteiger partial charge in [-0.1, -0.05) is 22.0 Å². The van der Waals surface area contributed by atoms with Crippen LogP contribution in [-0.2, 0) is 0 Å². The van der Waals surface area contributed by atoms with Gasteiger partial charge in [-0.3, -0.25) is 4.79 Å². The first-order valence-corrected chi connectivity index (χ1v) is 7.17. The number of anilines is 2. The summed E-state index contributed by atoms with van der Waals surface area (Å²) in [5.41, 5.74) is 1.25. The fourth-order valence-corrected chi connectivity index (χ4v) is 2.12. The Kier molecular flexibility index (Phi) is 3.64. The normalized spacial score (nSPS) is 13.8. The largest absolute Gasteiger partial charge is 0.348 e. The van der Waals surface area contributed by atoms with Gasteiger partial charge in [-0.15, -0.1) is 10.2 Å². The van der Waals surface area contributed by atoms with E-state index >= 15 is 0 Å². The number of nitrogens with zero attached hydrogens (tertiary/aromatic N) is 2. The number of nitrogens with one attached hydrogen (secondary N) is 2. The molecular formula is C14H13BrN4O. The average Bonchev–Trinajstić information content (AvgIpc) is 3.23. The molecule has 0 saturated heterocycles. The van der Waals surface area contributed by atoms with Crippen molar-refractivity contribution >= 4 is 33.3 Å². The lowest BCUT2D eigenvalue weighted by molar-refractivity contribution is 0.0945. The summed E-state index contributed by atoms with van der Waals surface area (Å²) in [6, 6.07) is 11.5. The van der Waals surface area contributed by atoms with Crippen LogP contribution in [0.15, 0.2) is 40.9 Å². The Hall–Kier alpha value is -1.95. The van der Waals surface area contributed by atoms with Crippen molar-refractivity contribution in [2.75, 3.05) is 5.32 Å². The van der Waals surface area contributed by atoms with Gasteiger partial charge in [-0.25, -0.2) is 0 Å². The van der Waals surface area contributed by atoms with Crippen molar-refractivity contribution in [1.82, 2.24) is 15.5 Å². The van der Waals surface area contributed by atoms with Gasteiger partial charge in [0, 0.05) is 16.2 Å². The van der Waals surface area contributed by atoms with E-state index in [1.807, 2.05) is 24.3 Å². The Morgan fingerprint density at radius 1 is 1.20 bits per heavy atom. The zero-order chi connectivity index (χ0) is 13.9. The van der Waals surface area contributed by atoms with Crippen LogP contribution in [0.4, 0.5) is 11.5 Å². The summed E-state index contributed by atoms with van der Waals surface area (Å²) < 4.78 is 0.982. The number of halogens is 1. The Balaban J connectivity index is 1.67. The molecule has 0 spiro atoms. The highest BCUT2D eigenvalue weighted by atomic mass is 79.9. The number of benzene rings is 1. The summed E-state index contributed by atoms with van der Waals surface area (Å²) in [6.45, 7) is 0. The van der Waals surface area contributed by atoms with Crippen LogP contribution in [0.1, 0.15) is 23.3 Å². The van der Waals surface area contributed by atoms with Gasteiger partial charge in [0.15, 0.2) is 11.5 Å². The standard InChI is InChI=1S/C14H13BrN4O/c15-9-2-1-3-11(8-9)16-13-7-6-12(18-19-13)14(20)17-10-4-5-10/h1-3,6-8,10H,4-5H2,(H,16,19)(H,17,20). The van der Waals surface area contributed by atoms with Gasteiger partial charge < -0.3 is 10.6 Å². The van der Waals surface area contributed by atoms with Crippen LogP contribution in [0.2, 0.25) is 0 Å². The smallest absolute Gasteiger partial charge is 0.272 e. The molecule has 0 aliphatic heterocycles. The molecule has 6 heteroatoms. The molecule has 2 N–H and O–H groups in total. The van der Waals surface area contributed by atoms with Gasteiger partial charge in [0.2, 0.25) is 0 Å². The molecule has 1 saturated carbocycles. The highest BCUT2D eigenvalue weighted by Crippen LogP contribution is 2.20. The third-order valence-corrected chi connectivity index (χ3v) is 3.40. The predicted molar refractivity (Wildman–Crippen MR) is 79.9 cm³/mol. The van der Waals surface area contributed by atoms with Crippen LogP contribution in [0, 0.1) is 0 Å². The number of aromatic nitrogens is 2. The van der Waals surface area contributed by atoms with E-state index < -0.39 is 0 Å². The number of carbonyl (C=O) groups is 1. The Morgan fingerprint density at radius 3 is 2.70 bits per heavy atom. The Bertz CT molecular complexity index is 625. The van der Waals surface area contributed by atoms with Gasteiger partial charge in [-0.05, 0) is 43.2 Å². The lowest BCUT2D eigenvalue weighted by atomic mass is 10.3. The topological polar surface area (TPSA) is 66.9 Å². The highest BCUT2D eigenvalue weighted by molar-refractivity contribution is 9.10. The van der Waals surface area contributed by atoms with E-state index in [4.69, 9.17) is 0 Å². The summed E-state index contributed by atoms with van der Waals surface area (Å²) in [6.07, 6.45) is 2.11. The minimum Gasteiger partial charge on any atom is -0.348 e. The third-order valence-electron chi connectivity index (χ3n) is 2.91. The molecule has 1 amide bonds. The van der Waals surface area contributed by atoms with Gasteiger partial charge in [-0.2, -0.15) is 0 Å². The molecule has 0 bridgehead atoms. The predicted octanol–water partition coefficient (Wildman–Crippen LogP) is 2.87. The molecule has 0 unspecified atom stereocenters. The molecular weight excluding hydrogens is 320 g/mol. The maximum atomic E-state index is 11.8. The lowest BCUT2D eigenvalue weighted by Crippen LogP contribution is -2.26. The molecule has 1 aromatic heterocycles. The first-order valence-electron chi connectivity index (χ1n) is 6.38. The summed E-state index contributed by atoms with van der Waals surface area (Å²) in [5.74, 6) is 0.445. The molecule has 1 heterocycles. The molecule has 2 aromatic rings. The molecule has 102 valence electrons. The van der Waals surface area contributed by atoms with Gasteiger partial charge in [0.25, 0.3) is 5.91 Å². The zero-order valence-corrected chi connectivity index (χ0v) is 12.2. The number of hydrogen-bond acceptors (Lipinski definition) is 4. The van der Waals surface area contributed by atoms with E-state index in [-0.39, 0.29) is 5.91 Å². The molecule has 20 heavy (non-hydrogen) atoms. The fourth-order valence-electron chi connectivity index (χ4n) is 1.72. The number of amides is 1. The van der Waals surface area contributed by atoms with Crippen molar-refractivity contribution in [2.24, 2.45) is 0 Å². The Labute approximate surface area is 124 Å². The summed E-state index contributed by atoms with van der Waals surface area (Å²) >= 11 is 3.41. The quantitative estimate of drug-likeness (QED) is 0.903. The molecule has 0 atom stereocenters. The second-order valence-corrected chi connectivity index (χ2v) is 5.60. The van der Waals surface area contributed by atoms with Crippen molar-refractivity contribution in [1.29, 1.82) is 0 Å². The van der Waals surface area contributed by atoms with Crippen LogP contribution >= 0.6 is 15.9 Å². The second kappa shape index (κ2) is 5.58. The van der Waals surface area contributed by atoms with Gasteiger partial charge in [0.1, 0.15) is 0 Å². The maximum absolute atomic E-state index is 11.8.